The molecule has 5 N–H and O–H groups in total. The van der Waals surface area contributed by atoms with Crippen molar-refractivity contribution in [2.45, 2.75) is 44.7 Å². The highest BCUT2D eigenvalue weighted by molar-refractivity contribution is 7.66. The number of aryl methyl sites for hydroxylation is 1. The molecule has 6 atom stereocenters. The Labute approximate surface area is 234 Å². The molecule has 0 radical (unpaired) electrons. The number of ether oxygens (including phenoxy) is 2. The molecule has 0 saturated carbocycles. The summed E-state index contributed by atoms with van der Waals surface area (Å²) >= 11 is 0. The third-order valence-corrected chi connectivity index (χ3v) is 9.19. The Balaban J connectivity index is 1.88. The van der Waals surface area contributed by atoms with E-state index in [-0.39, 0.29) is 23.2 Å². The molecule has 1 fully saturated rings. The van der Waals surface area contributed by atoms with Crippen molar-refractivity contribution in [3.63, 3.8) is 0 Å². The quantitative estimate of drug-likeness (QED) is 0.0710. The van der Waals surface area contributed by atoms with Crippen molar-refractivity contribution in [1.29, 1.82) is 0 Å². The van der Waals surface area contributed by atoms with Crippen LogP contribution in [0.2, 0.25) is 0 Å². The van der Waals surface area contributed by atoms with Crippen LogP contribution in [0.25, 0.3) is 10.4 Å². The summed E-state index contributed by atoms with van der Waals surface area (Å²) < 4.78 is 58.8. The summed E-state index contributed by atoms with van der Waals surface area (Å²) in [6, 6.07) is 1.82. The first kappa shape index (κ1) is 33.5. The van der Waals surface area contributed by atoms with Gasteiger partial charge < -0.3 is 29.0 Å². The van der Waals surface area contributed by atoms with Gasteiger partial charge in [-0.3, -0.25) is 23.9 Å². The van der Waals surface area contributed by atoms with Crippen LogP contribution >= 0.6 is 23.5 Å². The van der Waals surface area contributed by atoms with Crippen molar-refractivity contribution < 1.29 is 60.7 Å². The number of carbonyl (C=O) groups is 1. The van der Waals surface area contributed by atoms with E-state index < -0.39 is 71.8 Å². The second kappa shape index (κ2) is 13.1. The number of rotatable bonds is 12. The third-order valence-electron chi connectivity index (χ3n) is 5.39. The van der Waals surface area contributed by atoms with Crippen molar-refractivity contribution in [3.05, 3.63) is 72.6 Å². The number of phosphoric acid groups is 3. The van der Waals surface area contributed by atoms with Crippen LogP contribution in [-0.2, 0) is 36.3 Å². The second-order valence-corrected chi connectivity index (χ2v) is 12.9. The van der Waals surface area contributed by atoms with Gasteiger partial charge in [0.15, 0.2) is 0 Å². The normalized spacial score (nSPS) is 22.4. The molecule has 3 rings (SSSR count). The zero-order chi connectivity index (χ0) is 31.5. The molecular weight excluding hydrogens is 633 g/mol. The van der Waals surface area contributed by atoms with Gasteiger partial charge in [0.1, 0.15) is 18.4 Å². The van der Waals surface area contributed by atoms with E-state index >= 15 is 0 Å². The van der Waals surface area contributed by atoms with Gasteiger partial charge in [0.25, 0.3) is 5.56 Å². The van der Waals surface area contributed by atoms with Crippen molar-refractivity contribution in [2.24, 2.45) is 5.11 Å². The van der Waals surface area contributed by atoms with Crippen LogP contribution in [0, 0.1) is 6.92 Å². The topological polar surface area (TPSA) is 312 Å². The standard InChI is InChI=1S/C18H23N6O15P3/c1-9-7-24(18(27)21-16(9)25)14-6-12(37-17(26)11-4-3-5-20-15(11)10(2)22-23-19)13(36-14)8-35-41(31,32)39-42(33,34)38-40(28,29)30/h3-5,7,10,12-14H,6,8H2,1-2H3,(H,31,32)(H,33,34)(H,21,25,27)(H2,28,29,30)/t10?,12?,13-,14-/m1/s1. The van der Waals surface area contributed by atoms with Gasteiger partial charge in [-0.2, -0.15) is 8.62 Å². The van der Waals surface area contributed by atoms with Crippen LogP contribution < -0.4 is 11.2 Å². The van der Waals surface area contributed by atoms with Gasteiger partial charge in [-0.1, -0.05) is 12.0 Å². The van der Waals surface area contributed by atoms with Crippen molar-refractivity contribution in [1.82, 2.24) is 14.5 Å². The maximum atomic E-state index is 13.1. The minimum atomic E-state index is -5.82. The van der Waals surface area contributed by atoms with Gasteiger partial charge in [0.2, 0.25) is 0 Å². The lowest BCUT2D eigenvalue weighted by Crippen LogP contribution is -2.33. The predicted octanol–water partition coefficient (Wildman–Crippen LogP) is 1.47. The molecule has 1 saturated heterocycles. The van der Waals surface area contributed by atoms with Gasteiger partial charge in [-0.25, -0.2) is 23.3 Å². The van der Waals surface area contributed by atoms with E-state index in [4.69, 9.17) is 24.8 Å². The molecule has 2 aromatic rings. The molecule has 0 aromatic carbocycles. The minimum absolute atomic E-state index is 0.0491. The molecule has 0 bridgehead atoms. The van der Waals surface area contributed by atoms with Crippen molar-refractivity contribution in [2.75, 3.05) is 6.61 Å². The smallest absolute Gasteiger partial charge is 0.456 e. The Bertz CT molecular complexity index is 1650. The highest BCUT2D eigenvalue weighted by Crippen LogP contribution is 2.66. The first-order valence-corrected chi connectivity index (χ1v) is 15.9. The molecule has 1 aliphatic heterocycles. The Morgan fingerprint density at radius 3 is 2.60 bits per heavy atom. The van der Waals surface area contributed by atoms with Crippen LogP contribution in [0.1, 0.15) is 47.2 Å². The number of hydrogen-bond acceptors (Lipinski definition) is 13. The number of azide groups is 1. The number of phosphoric ester groups is 1. The first-order chi connectivity index (χ1) is 19.4. The largest absolute Gasteiger partial charge is 0.490 e. The van der Waals surface area contributed by atoms with Crippen LogP contribution in [-0.4, -0.2) is 58.9 Å². The van der Waals surface area contributed by atoms with E-state index in [0.29, 0.717) is 0 Å². The number of pyridine rings is 1. The molecule has 42 heavy (non-hydrogen) atoms. The minimum Gasteiger partial charge on any atom is -0.456 e. The fourth-order valence-electron chi connectivity index (χ4n) is 3.67. The summed E-state index contributed by atoms with van der Waals surface area (Å²) in [5, 5.41) is 3.49. The van der Waals surface area contributed by atoms with E-state index in [2.05, 4.69) is 33.1 Å². The summed E-state index contributed by atoms with van der Waals surface area (Å²) in [6.45, 7) is 1.84. The Morgan fingerprint density at radius 2 is 1.95 bits per heavy atom. The Morgan fingerprint density at radius 1 is 1.26 bits per heavy atom. The molecule has 0 aliphatic carbocycles. The van der Waals surface area contributed by atoms with Crippen molar-refractivity contribution in [3.8, 4) is 0 Å². The monoisotopic (exact) mass is 656 g/mol. The highest BCUT2D eigenvalue weighted by atomic mass is 31.3. The maximum Gasteiger partial charge on any atom is 0.490 e. The highest BCUT2D eigenvalue weighted by Gasteiger charge is 2.44. The van der Waals surface area contributed by atoms with Crippen molar-refractivity contribution >= 4 is 29.4 Å². The fourth-order valence-corrected chi connectivity index (χ4v) is 6.70. The number of carbonyl (C=O) groups excluding carboxylic acids is 1. The molecule has 1 aliphatic rings. The van der Waals surface area contributed by atoms with E-state index in [9.17, 15) is 37.9 Å². The van der Waals surface area contributed by atoms with E-state index in [1.54, 1.807) is 0 Å². The first-order valence-electron chi connectivity index (χ1n) is 11.4. The zero-order valence-electron chi connectivity index (χ0n) is 21.4. The zero-order valence-corrected chi connectivity index (χ0v) is 24.1. The second-order valence-electron chi connectivity index (χ2n) is 8.49. The molecule has 3 heterocycles. The number of hydrogen-bond donors (Lipinski definition) is 5. The summed E-state index contributed by atoms with van der Waals surface area (Å²) in [5.74, 6) is -1.01. The van der Waals surface area contributed by atoms with Gasteiger partial charge in [-0.15, -0.1) is 0 Å². The summed E-state index contributed by atoms with van der Waals surface area (Å²) in [7, 11) is -17.0. The lowest BCUT2D eigenvalue weighted by molar-refractivity contribution is -0.0512. The molecule has 21 nitrogen and oxygen atoms in total. The molecule has 2 aromatic heterocycles. The SMILES string of the molecule is Cc1cn([C@H]2CC(OC(=O)c3cccnc3C(C)N=[N+]=[N-])[C@@H](COP(=O)(O)OP(=O)(O)OP(=O)(O)O)O2)c(=O)[nH]c1=O. The van der Waals surface area contributed by atoms with E-state index in [1.807, 2.05) is 0 Å². The summed E-state index contributed by atoms with van der Waals surface area (Å²) in [5.41, 5.74) is 7.18. The molecule has 230 valence electrons. The maximum absolute atomic E-state index is 13.1. The average Bonchev–Trinajstić information content (AvgIpc) is 3.25. The predicted molar refractivity (Wildman–Crippen MR) is 135 cm³/mol. The Kier molecular flexibility index (Phi) is 10.4. The van der Waals surface area contributed by atoms with Gasteiger partial charge in [0, 0.05) is 29.3 Å². The van der Waals surface area contributed by atoms with Crippen LogP contribution in [0.5, 0.6) is 0 Å². The lowest BCUT2D eigenvalue weighted by Gasteiger charge is -2.21. The molecule has 24 heteroatoms. The third kappa shape index (κ3) is 8.99. The van der Waals surface area contributed by atoms with E-state index in [0.717, 1.165) is 10.8 Å². The Hall–Kier alpha value is -3.02. The number of nitrogens with one attached hydrogen (secondary N) is 1. The molecule has 0 spiro atoms. The molecular formula is C18H23N6O15P3. The van der Waals surface area contributed by atoms with Crippen LogP contribution in [0.4, 0.5) is 0 Å². The summed E-state index contributed by atoms with van der Waals surface area (Å²) in [6.07, 6.45) is -1.87. The van der Waals surface area contributed by atoms with Gasteiger partial charge >= 0.3 is 35.1 Å². The van der Waals surface area contributed by atoms with Gasteiger partial charge in [-0.05, 0) is 24.6 Å². The van der Waals surface area contributed by atoms with Gasteiger partial charge in [0.05, 0.1) is 23.9 Å². The number of aromatic amines is 1. The lowest BCUT2D eigenvalue weighted by atomic mass is 10.1. The van der Waals surface area contributed by atoms with Crippen LogP contribution in [0.3, 0.4) is 0 Å². The summed E-state index contributed by atoms with van der Waals surface area (Å²) in [4.78, 5) is 82.6. The number of aromatic nitrogens is 3. The number of H-pyrrole nitrogens is 1. The number of nitrogens with zero attached hydrogens (tertiary/aromatic N) is 5. The average molecular weight is 656 g/mol. The molecule has 0 amide bonds. The fraction of sp³-hybridized carbons (Fsp3) is 0.444. The number of esters is 1. The van der Waals surface area contributed by atoms with Crippen LogP contribution in [0.15, 0.2) is 39.2 Å². The molecule has 4 unspecified atom stereocenters. The van der Waals surface area contributed by atoms with E-state index in [1.165, 1.54) is 32.2 Å².